The number of nitrogens with one attached hydrogen (secondary N) is 2. The Labute approximate surface area is 145 Å². The molecule has 23 heavy (non-hydrogen) atoms. The Hall–Kier alpha value is -1.14. The van der Waals surface area contributed by atoms with Gasteiger partial charge in [0.2, 0.25) is 0 Å². The molecule has 0 aromatic carbocycles. The molecule has 0 aliphatic heterocycles. The Balaban J connectivity index is 1.97. The average molecular weight is 341 g/mol. The van der Waals surface area contributed by atoms with Gasteiger partial charge in [-0.05, 0) is 39.0 Å². The molecule has 0 saturated heterocycles. The summed E-state index contributed by atoms with van der Waals surface area (Å²) in [5, 5.41) is 10.0. The van der Waals surface area contributed by atoms with Crippen LogP contribution in [-0.2, 0) is 11.2 Å². The molecule has 0 bridgehead atoms. The lowest BCUT2D eigenvalue weighted by atomic mass is 10.2. The predicted octanol–water partition coefficient (Wildman–Crippen LogP) is 3.15. The van der Waals surface area contributed by atoms with E-state index in [2.05, 4.69) is 32.9 Å². The van der Waals surface area contributed by atoms with Gasteiger partial charge in [-0.1, -0.05) is 13.3 Å². The number of ether oxygens (including phenoxy) is 1. The Kier molecular flexibility index (Phi) is 11.5. The zero-order chi connectivity index (χ0) is 16.8. The van der Waals surface area contributed by atoms with Crippen LogP contribution >= 0.6 is 11.3 Å². The van der Waals surface area contributed by atoms with Crippen molar-refractivity contribution in [2.24, 2.45) is 4.99 Å². The molecule has 0 aliphatic carbocycles. The molecule has 0 radical (unpaired) electrons. The van der Waals surface area contributed by atoms with Crippen LogP contribution in [-0.4, -0.2) is 44.3 Å². The lowest BCUT2D eigenvalue weighted by Gasteiger charge is -2.11. The molecule has 6 heteroatoms. The Morgan fingerprint density at radius 2 is 1.91 bits per heavy atom. The van der Waals surface area contributed by atoms with Crippen LogP contribution in [0, 0.1) is 6.92 Å². The summed E-state index contributed by atoms with van der Waals surface area (Å²) in [6.45, 7) is 7.76. The normalized spacial score (nSPS) is 11.7. The summed E-state index contributed by atoms with van der Waals surface area (Å²) in [5.41, 5.74) is 1.13. The Morgan fingerprint density at radius 1 is 1.17 bits per heavy atom. The fraction of sp³-hybridized carbons (Fsp3) is 0.765. The second-order valence-corrected chi connectivity index (χ2v) is 6.53. The van der Waals surface area contributed by atoms with E-state index >= 15 is 0 Å². The first-order valence-corrected chi connectivity index (χ1v) is 9.57. The third kappa shape index (κ3) is 10.3. The second kappa shape index (κ2) is 13.3. The number of guanidine groups is 1. The topological polar surface area (TPSA) is 58.5 Å². The minimum absolute atomic E-state index is 0.817. The van der Waals surface area contributed by atoms with Gasteiger partial charge in [-0.25, -0.2) is 4.98 Å². The zero-order valence-corrected chi connectivity index (χ0v) is 15.7. The summed E-state index contributed by atoms with van der Waals surface area (Å²) in [4.78, 5) is 8.72. The lowest BCUT2D eigenvalue weighted by molar-refractivity contribution is 0.129. The molecular weight excluding hydrogens is 308 g/mol. The quantitative estimate of drug-likeness (QED) is 0.349. The molecule has 2 N–H and O–H groups in total. The van der Waals surface area contributed by atoms with E-state index in [9.17, 15) is 0 Å². The standard InChI is InChI=1S/C17H32N4OS/c1-4-5-12-22-13-8-11-20-17(18-3)19-10-7-6-9-16-21-15(2)14-23-16/h14H,4-13H2,1-3H3,(H2,18,19,20). The van der Waals surface area contributed by atoms with Crippen LogP contribution in [0.5, 0.6) is 0 Å². The second-order valence-electron chi connectivity index (χ2n) is 5.58. The van der Waals surface area contributed by atoms with E-state index in [-0.39, 0.29) is 0 Å². The summed E-state index contributed by atoms with van der Waals surface area (Å²) < 4.78 is 5.54. The SMILES string of the molecule is CCCCOCCCNC(=NC)NCCCCc1nc(C)cs1. The van der Waals surface area contributed by atoms with Crippen molar-refractivity contribution >= 4 is 17.3 Å². The molecule has 5 nitrogen and oxygen atoms in total. The van der Waals surface area contributed by atoms with E-state index in [1.807, 2.05) is 14.0 Å². The van der Waals surface area contributed by atoms with Crippen LogP contribution < -0.4 is 10.6 Å². The average Bonchev–Trinajstić information content (AvgIpc) is 2.97. The van der Waals surface area contributed by atoms with Gasteiger partial charge in [0.15, 0.2) is 5.96 Å². The van der Waals surface area contributed by atoms with Crippen LogP contribution in [0.3, 0.4) is 0 Å². The van der Waals surface area contributed by atoms with Crippen molar-refractivity contribution in [3.05, 3.63) is 16.1 Å². The van der Waals surface area contributed by atoms with Crippen molar-refractivity contribution < 1.29 is 4.74 Å². The van der Waals surface area contributed by atoms with Gasteiger partial charge < -0.3 is 15.4 Å². The fourth-order valence-corrected chi connectivity index (χ4v) is 2.89. The maximum Gasteiger partial charge on any atom is 0.190 e. The van der Waals surface area contributed by atoms with Crippen molar-refractivity contribution in [1.29, 1.82) is 0 Å². The minimum Gasteiger partial charge on any atom is -0.381 e. The summed E-state index contributed by atoms with van der Waals surface area (Å²) >= 11 is 1.76. The molecule has 0 amide bonds. The first-order chi connectivity index (χ1) is 11.3. The molecule has 0 unspecified atom stereocenters. The van der Waals surface area contributed by atoms with Crippen molar-refractivity contribution in [2.45, 2.75) is 52.4 Å². The van der Waals surface area contributed by atoms with Crippen LogP contribution in [0.4, 0.5) is 0 Å². The summed E-state index contributed by atoms with van der Waals surface area (Å²) in [6.07, 6.45) is 6.70. The van der Waals surface area contributed by atoms with Crippen molar-refractivity contribution in [2.75, 3.05) is 33.4 Å². The van der Waals surface area contributed by atoms with Gasteiger partial charge in [0.05, 0.1) is 5.01 Å². The number of hydrogen-bond acceptors (Lipinski definition) is 4. The first kappa shape index (κ1) is 19.9. The number of rotatable bonds is 12. The van der Waals surface area contributed by atoms with Gasteiger partial charge in [0.25, 0.3) is 0 Å². The maximum absolute atomic E-state index is 5.54. The van der Waals surface area contributed by atoms with Crippen LogP contribution in [0.2, 0.25) is 0 Å². The van der Waals surface area contributed by atoms with E-state index in [0.717, 1.165) is 70.1 Å². The number of thiazole rings is 1. The van der Waals surface area contributed by atoms with Gasteiger partial charge in [0, 0.05) is 44.4 Å². The molecule has 1 aromatic heterocycles. The molecule has 0 saturated carbocycles. The summed E-state index contributed by atoms with van der Waals surface area (Å²) in [7, 11) is 1.81. The number of hydrogen-bond donors (Lipinski definition) is 2. The molecule has 132 valence electrons. The third-order valence-electron chi connectivity index (χ3n) is 3.40. The monoisotopic (exact) mass is 340 g/mol. The molecule has 0 fully saturated rings. The van der Waals surface area contributed by atoms with Crippen molar-refractivity contribution in [1.82, 2.24) is 15.6 Å². The Morgan fingerprint density at radius 3 is 2.57 bits per heavy atom. The molecule has 1 heterocycles. The minimum atomic E-state index is 0.817. The van der Waals surface area contributed by atoms with Gasteiger partial charge in [0.1, 0.15) is 0 Å². The van der Waals surface area contributed by atoms with Gasteiger partial charge in [-0.2, -0.15) is 0 Å². The van der Waals surface area contributed by atoms with E-state index in [4.69, 9.17) is 4.74 Å². The van der Waals surface area contributed by atoms with E-state index in [1.54, 1.807) is 11.3 Å². The highest BCUT2D eigenvalue weighted by Gasteiger charge is 2.00. The highest BCUT2D eigenvalue weighted by molar-refractivity contribution is 7.09. The van der Waals surface area contributed by atoms with Gasteiger partial charge in [-0.3, -0.25) is 4.99 Å². The number of aryl methyl sites for hydroxylation is 2. The van der Waals surface area contributed by atoms with Gasteiger partial charge in [-0.15, -0.1) is 11.3 Å². The molecule has 1 aromatic rings. The van der Waals surface area contributed by atoms with Gasteiger partial charge >= 0.3 is 0 Å². The smallest absolute Gasteiger partial charge is 0.190 e. The predicted molar refractivity (Wildman–Crippen MR) is 99.5 cm³/mol. The van der Waals surface area contributed by atoms with Crippen LogP contribution in [0.15, 0.2) is 10.4 Å². The zero-order valence-electron chi connectivity index (χ0n) is 14.9. The number of unbranched alkanes of at least 4 members (excludes halogenated alkanes) is 2. The first-order valence-electron chi connectivity index (χ1n) is 8.69. The third-order valence-corrected chi connectivity index (χ3v) is 4.43. The summed E-state index contributed by atoms with van der Waals surface area (Å²) in [5.74, 6) is 0.878. The van der Waals surface area contributed by atoms with E-state index in [1.165, 1.54) is 11.4 Å². The van der Waals surface area contributed by atoms with E-state index < -0.39 is 0 Å². The number of aliphatic imine (C=N–C) groups is 1. The highest BCUT2D eigenvalue weighted by atomic mass is 32.1. The van der Waals surface area contributed by atoms with E-state index in [0.29, 0.717) is 0 Å². The van der Waals surface area contributed by atoms with Crippen molar-refractivity contribution in [3.8, 4) is 0 Å². The molecule has 0 atom stereocenters. The van der Waals surface area contributed by atoms with Crippen LogP contribution in [0.1, 0.15) is 49.7 Å². The number of aromatic nitrogens is 1. The Bertz CT molecular complexity index is 434. The number of nitrogens with zero attached hydrogens (tertiary/aromatic N) is 2. The fourth-order valence-electron chi connectivity index (χ4n) is 2.08. The summed E-state index contributed by atoms with van der Waals surface area (Å²) in [6, 6.07) is 0. The van der Waals surface area contributed by atoms with Crippen LogP contribution in [0.25, 0.3) is 0 Å². The molecule has 0 spiro atoms. The molecule has 0 aliphatic rings. The largest absolute Gasteiger partial charge is 0.381 e. The highest BCUT2D eigenvalue weighted by Crippen LogP contribution is 2.11. The maximum atomic E-state index is 5.54. The lowest BCUT2D eigenvalue weighted by Crippen LogP contribution is -2.38. The van der Waals surface area contributed by atoms with Crippen molar-refractivity contribution in [3.63, 3.8) is 0 Å². The molecular formula is C17H32N4OS. The molecule has 1 rings (SSSR count).